The van der Waals surface area contributed by atoms with Gasteiger partial charge in [-0.3, -0.25) is 9.59 Å². The molecule has 3 aliphatic heterocycles. The Morgan fingerprint density at radius 2 is 1.23 bits per heavy atom. The summed E-state index contributed by atoms with van der Waals surface area (Å²) in [5.74, 6) is -6.83. The van der Waals surface area contributed by atoms with Gasteiger partial charge in [0.05, 0.1) is 79.6 Å². The van der Waals surface area contributed by atoms with Gasteiger partial charge < -0.3 is 80.9 Å². The fourth-order valence-corrected chi connectivity index (χ4v) is 7.97. The van der Waals surface area contributed by atoms with Crippen molar-refractivity contribution >= 4 is 11.9 Å². The van der Waals surface area contributed by atoms with Crippen LogP contribution in [0.15, 0.2) is 85.1 Å². The van der Waals surface area contributed by atoms with E-state index in [0.717, 1.165) is 0 Å². The van der Waals surface area contributed by atoms with E-state index in [2.05, 4.69) is 0 Å². The van der Waals surface area contributed by atoms with Crippen molar-refractivity contribution in [2.45, 2.75) is 177 Å². The summed E-state index contributed by atoms with van der Waals surface area (Å²) < 4.78 is 23.1. The molecule has 1 unspecified atom stereocenters. The molecule has 13 N–H and O–H groups in total. The molecule has 3 heterocycles. The largest absolute Gasteiger partial charge is 0.481 e. The summed E-state index contributed by atoms with van der Waals surface area (Å²) in [6.45, 7) is 6.74. The molecule has 0 radical (unpaired) electrons. The second kappa shape index (κ2) is 27.4. The number of hydrogen-bond acceptors (Lipinski definition) is 17. The Kier molecular flexibility index (Phi) is 23.6. The number of carbonyl (C=O) groups excluding carboxylic acids is 1. The molecule has 0 spiro atoms. The summed E-state index contributed by atoms with van der Waals surface area (Å²) in [7, 11) is 0. The standard InChI is InChI=1S/C47H73NO17/c1-27-17-15-13-11-9-7-5-6-8-10-12-14-16-18-34(64-46-44(58)41(48)43(57)30(4)63-46)24-38-40(45(59)60)37(54)26-47(61,65-38)25-33(51)22-36(53)35(52)20-19-31(49)21-32(50)23-39(55)62-29(3)28(2)42(27)56/h5-18,27-38,40-44,46,49-54,56-58,61H,19-26,48H2,1-4H3,(H,59,60)/b6-5+,9-7+,10-8+,13-11+,14-12+,17-15+,18-16+/t27-,28-,29-,30+,31+,32+,33-,34-,35+,36+,37-,38-,40+,41-,42+,43+,44-,46?,47+/m0/s1. The molecule has 368 valence electrons. The Hall–Kier alpha value is -3.44. The minimum Gasteiger partial charge on any atom is -0.481 e. The molecule has 0 aromatic carbocycles. The number of carboxylic acids is 1. The number of esters is 1. The van der Waals surface area contributed by atoms with Gasteiger partial charge in [-0.05, 0) is 33.1 Å². The highest BCUT2D eigenvalue weighted by molar-refractivity contribution is 5.71. The van der Waals surface area contributed by atoms with E-state index in [1.807, 2.05) is 19.1 Å². The quantitative estimate of drug-likeness (QED) is 0.174. The van der Waals surface area contributed by atoms with Crippen molar-refractivity contribution in [3.05, 3.63) is 85.1 Å². The Bertz CT molecular complexity index is 1670. The predicted octanol–water partition coefficient (Wildman–Crippen LogP) is 0.712. The van der Waals surface area contributed by atoms with Gasteiger partial charge in [0.25, 0.3) is 0 Å². The molecular weight excluding hydrogens is 851 g/mol. The molecule has 0 amide bonds. The number of fused-ring (bicyclic) bond motifs is 2. The minimum absolute atomic E-state index is 0.107. The van der Waals surface area contributed by atoms with E-state index in [1.54, 1.807) is 80.7 Å². The second-order valence-corrected chi connectivity index (χ2v) is 17.6. The summed E-state index contributed by atoms with van der Waals surface area (Å²) >= 11 is 0. The maximum atomic E-state index is 12.6. The van der Waals surface area contributed by atoms with Crippen molar-refractivity contribution < 1.29 is 84.7 Å². The fourth-order valence-electron chi connectivity index (χ4n) is 7.97. The number of nitrogens with two attached hydrogens (primary N) is 1. The highest BCUT2D eigenvalue weighted by atomic mass is 16.7. The molecule has 19 atom stereocenters. The van der Waals surface area contributed by atoms with Crippen LogP contribution in [0.5, 0.6) is 0 Å². The zero-order valence-electron chi connectivity index (χ0n) is 37.6. The molecule has 2 saturated heterocycles. The zero-order chi connectivity index (χ0) is 48.4. The van der Waals surface area contributed by atoms with E-state index < -0.39 is 147 Å². The first-order valence-electron chi connectivity index (χ1n) is 22.3. The SMILES string of the molecule is C[C@@H]1[C@H](O)[C@@H](C)/C=C/C=C/C=C/C=C/C=C/C=C/C=C/[C@H](OC2O[C@H](C)[C@@H](O)[C@H](N)[C@@H]2O)C[C@@H]2O[C@](O)(C[C@@H](O)C[C@@H](O)[C@H](O)CC[C@@H](O)C[C@@H](O)CC(=O)O[C@H]1C)C[C@H](O)[C@H]2C(=O)O. The second-order valence-electron chi connectivity index (χ2n) is 17.6. The van der Waals surface area contributed by atoms with Crippen LogP contribution in [0, 0.1) is 17.8 Å². The van der Waals surface area contributed by atoms with Gasteiger partial charge in [-0.2, -0.15) is 0 Å². The molecule has 0 aromatic rings. The van der Waals surface area contributed by atoms with Gasteiger partial charge in [0.15, 0.2) is 12.1 Å². The van der Waals surface area contributed by atoms with Crippen LogP contribution in [-0.4, -0.2) is 166 Å². The van der Waals surface area contributed by atoms with Crippen LogP contribution in [0.4, 0.5) is 0 Å². The lowest BCUT2D eigenvalue weighted by Crippen LogP contribution is -2.61. The van der Waals surface area contributed by atoms with Gasteiger partial charge in [0, 0.05) is 37.5 Å². The van der Waals surface area contributed by atoms with Crippen molar-refractivity contribution in [3.63, 3.8) is 0 Å². The molecule has 2 fully saturated rings. The first-order valence-corrected chi connectivity index (χ1v) is 22.3. The summed E-state index contributed by atoms with van der Waals surface area (Å²) in [6, 6.07) is -1.15. The number of cyclic esters (lactones) is 1. The van der Waals surface area contributed by atoms with E-state index in [-0.39, 0.29) is 31.6 Å². The van der Waals surface area contributed by atoms with Crippen molar-refractivity contribution in [2.75, 3.05) is 0 Å². The molecule has 3 rings (SSSR count). The van der Waals surface area contributed by atoms with Crippen LogP contribution >= 0.6 is 0 Å². The lowest BCUT2D eigenvalue weighted by Gasteiger charge is -2.45. The number of allylic oxidation sites excluding steroid dienone is 12. The van der Waals surface area contributed by atoms with Gasteiger partial charge >= 0.3 is 11.9 Å². The number of carbonyl (C=O) groups is 2. The highest BCUT2D eigenvalue weighted by Crippen LogP contribution is 2.38. The maximum absolute atomic E-state index is 12.6. The molecule has 0 aliphatic carbocycles. The van der Waals surface area contributed by atoms with Crippen molar-refractivity contribution in [3.8, 4) is 0 Å². The van der Waals surface area contributed by atoms with E-state index in [0.29, 0.717) is 0 Å². The van der Waals surface area contributed by atoms with Gasteiger partial charge in [-0.15, -0.1) is 0 Å². The molecule has 0 aromatic heterocycles. The Balaban J connectivity index is 1.86. The number of aliphatic hydroxyl groups excluding tert-OH is 9. The van der Waals surface area contributed by atoms with Gasteiger partial charge in [-0.25, -0.2) is 0 Å². The van der Waals surface area contributed by atoms with Crippen LogP contribution in [0.25, 0.3) is 0 Å². The Morgan fingerprint density at radius 3 is 1.82 bits per heavy atom. The number of hydrogen-bond donors (Lipinski definition) is 12. The highest BCUT2D eigenvalue weighted by Gasteiger charge is 2.51. The topological polar surface area (TPSA) is 320 Å². The zero-order valence-corrected chi connectivity index (χ0v) is 37.6. The normalized spacial score (nSPS) is 45.5. The van der Waals surface area contributed by atoms with Crippen LogP contribution in [0.2, 0.25) is 0 Å². The van der Waals surface area contributed by atoms with Crippen LogP contribution < -0.4 is 5.73 Å². The molecule has 3 aliphatic rings. The van der Waals surface area contributed by atoms with Gasteiger partial charge in [-0.1, -0.05) is 98.9 Å². The lowest BCUT2D eigenvalue weighted by atomic mass is 9.82. The maximum Gasteiger partial charge on any atom is 0.311 e. The third-order valence-electron chi connectivity index (χ3n) is 12.0. The van der Waals surface area contributed by atoms with Crippen LogP contribution in [0.1, 0.15) is 79.1 Å². The number of carboxylic acid groups (broad SMARTS) is 1. The van der Waals surface area contributed by atoms with Crippen molar-refractivity contribution in [2.24, 2.45) is 23.5 Å². The number of aliphatic hydroxyl groups is 10. The van der Waals surface area contributed by atoms with Crippen LogP contribution in [0.3, 0.4) is 0 Å². The predicted molar refractivity (Wildman–Crippen MR) is 237 cm³/mol. The van der Waals surface area contributed by atoms with E-state index in [1.165, 1.54) is 13.0 Å². The molecule has 2 bridgehead atoms. The van der Waals surface area contributed by atoms with Gasteiger partial charge in [0.1, 0.15) is 18.1 Å². The smallest absolute Gasteiger partial charge is 0.311 e. The van der Waals surface area contributed by atoms with Crippen LogP contribution in [-0.2, 0) is 28.5 Å². The Morgan fingerprint density at radius 1 is 0.662 bits per heavy atom. The minimum atomic E-state index is -2.33. The number of aliphatic carboxylic acids is 1. The monoisotopic (exact) mass is 923 g/mol. The average Bonchev–Trinajstić information content (AvgIpc) is 3.21. The fraction of sp³-hybridized carbons (Fsp3) is 0.660. The Labute approximate surface area is 381 Å². The summed E-state index contributed by atoms with van der Waals surface area (Å²) in [4.78, 5) is 25.1. The molecule has 18 heteroatoms. The lowest BCUT2D eigenvalue weighted by molar-refractivity contribution is -0.308. The number of ether oxygens (including phenoxy) is 4. The summed E-state index contributed by atoms with van der Waals surface area (Å²) in [5.41, 5.74) is 6.02. The van der Waals surface area contributed by atoms with Crippen molar-refractivity contribution in [1.29, 1.82) is 0 Å². The molecule has 18 nitrogen and oxygen atoms in total. The summed E-state index contributed by atoms with van der Waals surface area (Å²) in [6.07, 6.45) is 3.46. The number of rotatable bonds is 3. The third-order valence-corrected chi connectivity index (χ3v) is 12.0. The third kappa shape index (κ3) is 18.6. The van der Waals surface area contributed by atoms with E-state index >= 15 is 0 Å². The van der Waals surface area contributed by atoms with E-state index in [4.69, 9.17) is 24.7 Å². The van der Waals surface area contributed by atoms with Crippen molar-refractivity contribution in [1.82, 2.24) is 0 Å². The summed E-state index contributed by atoms with van der Waals surface area (Å²) in [5, 5.41) is 118. The molecule has 65 heavy (non-hydrogen) atoms. The first-order chi connectivity index (χ1) is 30.6. The molecular formula is C47H73NO17. The molecule has 0 saturated carbocycles. The first kappa shape index (κ1) is 55.9. The van der Waals surface area contributed by atoms with E-state index in [9.17, 15) is 65.8 Å². The van der Waals surface area contributed by atoms with Gasteiger partial charge in [0.2, 0.25) is 0 Å². The average molecular weight is 924 g/mol.